The molecule has 0 fully saturated rings. The minimum atomic E-state index is -0.483. The molecule has 11 rings (SSSR count). The molecule has 298 valence electrons. The van der Waals surface area contributed by atoms with Crippen molar-refractivity contribution in [1.29, 1.82) is 0 Å². The Kier molecular flexibility index (Phi) is 10.1. The van der Waals surface area contributed by atoms with Gasteiger partial charge in [-0.1, -0.05) is 176 Å². The van der Waals surface area contributed by atoms with Crippen LogP contribution in [0.5, 0.6) is 0 Å². The Bertz CT molecular complexity index is 3300. The van der Waals surface area contributed by atoms with Crippen LogP contribution in [0.1, 0.15) is 27.4 Å². The number of carbonyl (C=O) groups excluding carboxylic acids is 1. The van der Waals surface area contributed by atoms with E-state index in [-0.39, 0.29) is 23.1 Å². The molecule has 8 heteroatoms. The van der Waals surface area contributed by atoms with Crippen LogP contribution < -0.4 is 9.97 Å². The fourth-order valence-corrected chi connectivity index (χ4v) is 8.42. The number of hydrogen-bond donors (Lipinski definition) is 1. The molecule has 1 N–H and O–H groups in total. The van der Waals surface area contributed by atoms with Gasteiger partial charge in [0.25, 0.3) is 0 Å². The van der Waals surface area contributed by atoms with E-state index in [0.717, 1.165) is 83.6 Å². The first-order valence-corrected chi connectivity index (χ1v) is 20.2. The number of rotatable bonds is 7. The summed E-state index contributed by atoms with van der Waals surface area (Å²) in [4.78, 5) is 39.4. The molecule has 0 saturated carbocycles. The maximum Gasteiger partial charge on any atom is 2.00 e. The fourth-order valence-electron chi connectivity index (χ4n) is 8.42. The number of nitrogens with zero attached hydrogens (tertiary/aromatic N) is 4. The molecule has 0 radical (unpaired) electrons. The molecule has 5 aromatic carbocycles. The van der Waals surface area contributed by atoms with Gasteiger partial charge in [-0.25, -0.2) is 14.8 Å². The van der Waals surface area contributed by atoms with Gasteiger partial charge in [-0.2, -0.15) is 0 Å². The first-order chi connectivity index (χ1) is 30.2. The van der Waals surface area contributed by atoms with Crippen molar-refractivity contribution >= 4 is 40.2 Å². The Morgan fingerprint density at radius 1 is 0.468 bits per heavy atom. The average molecular weight is 845 g/mol. The number of benzene rings is 5. The average Bonchev–Trinajstić information content (AvgIpc) is 4.18. The van der Waals surface area contributed by atoms with Crippen molar-refractivity contribution in [3.8, 4) is 67.0 Å². The third-order valence-corrected chi connectivity index (χ3v) is 11.2. The van der Waals surface area contributed by atoms with Crippen LogP contribution in [0.4, 0.5) is 0 Å². The molecule has 6 heterocycles. The molecule has 2 aliphatic heterocycles. The molecule has 4 aromatic heterocycles. The van der Waals surface area contributed by atoms with Gasteiger partial charge in [-0.05, 0) is 62.2 Å². The molecule has 0 atom stereocenters. The molecule has 0 amide bonds. The molecule has 8 bridgehead atoms. The van der Waals surface area contributed by atoms with Gasteiger partial charge < -0.3 is 19.7 Å². The number of H-pyrrole nitrogens is 1. The van der Waals surface area contributed by atoms with E-state index in [1.165, 1.54) is 0 Å². The molecular weight excluding hydrogens is 809 g/mol. The molecule has 0 saturated heterocycles. The van der Waals surface area contributed by atoms with Crippen LogP contribution >= 0.6 is 0 Å². The number of aromatic amines is 1. The van der Waals surface area contributed by atoms with Crippen molar-refractivity contribution in [1.82, 2.24) is 24.9 Å². The van der Waals surface area contributed by atoms with E-state index in [1.54, 1.807) is 0 Å². The predicted octanol–water partition coefficient (Wildman–Crippen LogP) is 12.4. The Morgan fingerprint density at radius 3 is 1.34 bits per heavy atom. The topological polar surface area (TPSA) is 96.1 Å². The molecular formula is C54H35N5NiO2. The van der Waals surface area contributed by atoms with Crippen LogP contribution in [0.2, 0.25) is 0 Å². The van der Waals surface area contributed by atoms with Gasteiger partial charge in [0.05, 0.1) is 22.8 Å². The van der Waals surface area contributed by atoms with Crippen LogP contribution in [0.15, 0.2) is 182 Å². The third kappa shape index (κ3) is 6.86. The van der Waals surface area contributed by atoms with Gasteiger partial charge in [0.15, 0.2) is 0 Å². The number of carbonyl (C=O) groups is 1. The maximum absolute atomic E-state index is 14.3. The van der Waals surface area contributed by atoms with Crippen molar-refractivity contribution in [2.24, 2.45) is 0 Å². The van der Waals surface area contributed by atoms with Crippen LogP contribution in [-0.4, -0.2) is 20.9 Å². The zero-order valence-electron chi connectivity index (χ0n) is 33.1. The minimum Gasteiger partial charge on any atom is -0.657 e. The van der Waals surface area contributed by atoms with E-state index in [4.69, 9.17) is 24.7 Å². The van der Waals surface area contributed by atoms with Gasteiger partial charge in [0, 0.05) is 17.3 Å². The zero-order chi connectivity index (χ0) is 40.7. The van der Waals surface area contributed by atoms with Gasteiger partial charge in [0.1, 0.15) is 12.3 Å². The molecule has 2 aliphatic rings. The summed E-state index contributed by atoms with van der Waals surface area (Å²) in [6.07, 6.45) is 6.01. The van der Waals surface area contributed by atoms with Gasteiger partial charge in [0.2, 0.25) is 0 Å². The van der Waals surface area contributed by atoms with Crippen LogP contribution in [-0.2, 0) is 27.8 Å². The number of hydrogen-bond acceptors (Lipinski definition) is 4. The molecule has 62 heavy (non-hydrogen) atoms. The van der Waals surface area contributed by atoms with Crippen LogP contribution in [0, 0.1) is 0 Å². The Balaban J connectivity index is 0.00000458. The summed E-state index contributed by atoms with van der Waals surface area (Å²) in [7, 11) is 0. The Morgan fingerprint density at radius 2 is 0.871 bits per heavy atom. The van der Waals surface area contributed by atoms with E-state index in [2.05, 4.69) is 77.8 Å². The minimum absolute atomic E-state index is 0. The number of aromatic nitrogens is 5. The summed E-state index contributed by atoms with van der Waals surface area (Å²) < 4.78 is 6.00. The van der Waals surface area contributed by atoms with E-state index >= 15 is 0 Å². The van der Waals surface area contributed by atoms with Crippen LogP contribution in [0.3, 0.4) is 0 Å². The number of esters is 1. The van der Waals surface area contributed by atoms with Crippen molar-refractivity contribution in [3.05, 3.63) is 205 Å². The summed E-state index contributed by atoms with van der Waals surface area (Å²) in [5.41, 5.74) is 15.7. The van der Waals surface area contributed by atoms with E-state index in [1.807, 2.05) is 121 Å². The molecule has 7 nitrogen and oxygen atoms in total. The van der Waals surface area contributed by atoms with Crippen molar-refractivity contribution in [3.63, 3.8) is 0 Å². The standard InChI is InChI=1S/C54H36N5O2.Ni/c60-54(61-33-34-16-6-1-7-17-34)53-50-39(32-55-53)51-48(37-22-12-4-13-23-37)44-30-28-42(57-44)46(35-18-8-2-9-19-35)40-26-27-41(56-40)47(36-20-10-3-11-21-36)43-29-31-45(58-43)49(52(50)59-51)38-24-14-5-15-25-38;/h1-32H,33H2,(H2-,55,56,57,58,59,60);/q-1;+2/p-1. The van der Waals surface area contributed by atoms with E-state index < -0.39 is 5.97 Å². The van der Waals surface area contributed by atoms with Crippen molar-refractivity contribution in [2.45, 2.75) is 6.61 Å². The summed E-state index contributed by atoms with van der Waals surface area (Å²) in [6, 6.07) is 58.7. The SMILES string of the molecule is O=C(OCc1ccccc1)c1[nH]cc2c1-c1nc-2c(-c2ccccc2)c2ccc([n-]2)c(-c2ccccc2)c2nc(c(-c3ccccc3)c3ccc([n-]3)c1-c1ccccc1)C=C2.[Ni+2]. The van der Waals surface area contributed by atoms with Crippen molar-refractivity contribution < 1.29 is 26.0 Å². The molecule has 0 spiro atoms. The summed E-state index contributed by atoms with van der Waals surface area (Å²) in [6.45, 7) is 0.122. The van der Waals surface area contributed by atoms with Gasteiger partial charge in [-0.15, -0.1) is 22.1 Å². The second-order valence-electron chi connectivity index (χ2n) is 14.9. The van der Waals surface area contributed by atoms with Gasteiger partial charge in [-0.3, -0.25) is 0 Å². The quantitative estimate of drug-likeness (QED) is 0.127. The number of ether oxygens (including phenoxy) is 1. The summed E-state index contributed by atoms with van der Waals surface area (Å²) in [5, 5.41) is 0. The summed E-state index contributed by atoms with van der Waals surface area (Å²) >= 11 is 0. The smallest absolute Gasteiger partial charge is 0.657 e. The Hall–Kier alpha value is -7.80. The zero-order valence-corrected chi connectivity index (χ0v) is 34.1. The first-order valence-electron chi connectivity index (χ1n) is 20.2. The fraction of sp³-hybridized carbons (Fsp3) is 0.0185. The number of fused-ring (bicyclic) bond motifs is 11. The van der Waals surface area contributed by atoms with Crippen LogP contribution in [0.25, 0.3) is 101 Å². The molecule has 0 unspecified atom stereocenters. The van der Waals surface area contributed by atoms with E-state index in [0.29, 0.717) is 28.2 Å². The normalized spacial score (nSPS) is 11.5. The first kappa shape index (κ1) is 38.4. The second-order valence-corrected chi connectivity index (χ2v) is 14.9. The second kappa shape index (κ2) is 16.3. The molecule has 0 aliphatic carbocycles. The molecule has 9 aromatic rings. The van der Waals surface area contributed by atoms with Gasteiger partial charge >= 0.3 is 22.5 Å². The Labute approximate surface area is 367 Å². The van der Waals surface area contributed by atoms with E-state index in [9.17, 15) is 4.79 Å². The largest absolute Gasteiger partial charge is 2.00 e. The number of nitrogens with one attached hydrogen (secondary N) is 1. The monoisotopic (exact) mass is 843 g/mol. The predicted molar refractivity (Wildman–Crippen MR) is 244 cm³/mol. The third-order valence-electron chi connectivity index (χ3n) is 11.2. The van der Waals surface area contributed by atoms with Crippen molar-refractivity contribution in [2.75, 3.05) is 0 Å². The maximum atomic E-state index is 14.3. The summed E-state index contributed by atoms with van der Waals surface area (Å²) in [5.74, 6) is -0.483.